The molecule has 0 radical (unpaired) electrons. The van der Waals surface area contributed by atoms with Gasteiger partial charge in [-0.3, -0.25) is 9.10 Å². The first-order valence-electron chi connectivity index (χ1n) is 8.86. The monoisotopic (exact) mass is 502 g/mol. The van der Waals surface area contributed by atoms with Gasteiger partial charge in [-0.25, -0.2) is 13.4 Å². The van der Waals surface area contributed by atoms with E-state index in [4.69, 9.17) is 23.2 Å². The Labute approximate surface area is 194 Å². The fraction of sp³-hybridized carbons (Fsp3) is 0.158. The third-order valence-corrected chi connectivity index (χ3v) is 6.88. The number of fused-ring (bicyclic) bond motifs is 1. The lowest BCUT2D eigenvalue weighted by Gasteiger charge is -2.24. The number of aliphatic carboxylic acids is 1. The first kappa shape index (κ1) is 23.2. The molecule has 0 atom stereocenters. The van der Waals surface area contributed by atoms with E-state index in [1.807, 2.05) is 4.90 Å². The Morgan fingerprint density at radius 1 is 1.19 bits per heavy atom. The molecule has 3 aromatic rings. The molecule has 2 N–H and O–H groups in total. The van der Waals surface area contributed by atoms with Crippen molar-refractivity contribution in [1.29, 1.82) is 0 Å². The number of benzene rings is 2. The van der Waals surface area contributed by atoms with E-state index in [2.05, 4.69) is 9.97 Å². The van der Waals surface area contributed by atoms with Crippen molar-refractivity contribution in [2.75, 3.05) is 22.3 Å². The quantitative estimate of drug-likeness (QED) is 0.524. The summed E-state index contributed by atoms with van der Waals surface area (Å²) in [5.41, 5.74) is 2.01. The molecule has 1 aliphatic heterocycles. The van der Waals surface area contributed by atoms with Crippen molar-refractivity contribution < 1.29 is 18.3 Å². The van der Waals surface area contributed by atoms with Crippen LogP contribution in [0.25, 0.3) is 0 Å². The van der Waals surface area contributed by atoms with Gasteiger partial charge in [-0.15, -0.1) is 12.4 Å². The minimum atomic E-state index is -4.22. The maximum absolute atomic E-state index is 13.2. The van der Waals surface area contributed by atoms with Gasteiger partial charge in [0, 0.05) is 34.7 Å². The number of carboxylic acid groups (broad SMARTS) is 1. The van der Waals surface area contributed by atoms with Crippen molar-refractivity contribution in [3.8, 4) is 0 Å². The maximum atomic E-state index is 13.2. The molecule has 0 spiro atoms. The third-order valence-electron chi connectivity index (χ3n) is 4.69. The number of anilines is 3. The fourth-order valence-electron chi connectivity index (χ4n) is 3.41. The van der Waals surface area contributed by atoms with Gasteiger partial charge in [0.25, 0.3) is 10.0 Å². The predicted octanol–water partition coefficient (Wildman–Crippen LogP) is 4.11. The van der Waals surface area contributed by atoms with E-state index in [0.29, 0.717) is 18.9 Å². The first-order chi connectivity index (χ1) is 14.3. The average molecular weight is 504 g/mol. The number of sulfonamides is 1. The summed E-state index contributed by atoms with van der Waals surface area (Å²) in [4.78, 5) is 20.6. The van der Waals surface area contributed by atoms with Gasteiger partial charge in [0.1, 0.15) is 6.54 Å². The van der Waals surface area contributed by atoms with Gasteiger partial charge in [0.15, 0.2) is 0 Å². The Morgan fingerprint density at radius 3 is 2.52 bits per heavy atom. The number of rotatable bonds is 6. The highest BCUT2D eigenvalue weighted by Gasteiger charge is 2.30. The summed E-state index contributed by atoms with van der Waals surface area (Å²) in [6.45, 7) is -0.0744. The maximum Gasteiger partial charge on any atom is 0.324 e. The van der Waals surface area contributed by atoms with Crippen LogP contribution in [0.1, 0.15) is 5.56 Å². The van der Waals surface area contributed by atoms with Crippen molar-refractivity contribution in [2.45, 2.75) is 11.3 Å². The van der Waals surface area contributed by atoms with Crippen molar-refractivity contribution in [3.05, 3.63) is 64.4 Å². The number of imidazole rings is 1. The molecule has 12 heteroatoms. The van der Waals surface area contributed by atoms with Gasteiger partial charge in [-0.05, 0) is 48.4 Å². The molecule has 2 heterocycles. The van der Waals surface area contributed by atoms with Crippen LogP contribution in [0.4, 0.5) is 17.3 Å². The van der Waals surface area contributed by atoms with Crippen LogP contribution in [0.3, 0.4) is 0 Å². The molecule has 1 aromatic heterocycles. The number of hydrogen-bond donors (Lipinski definition) is 2. The molecule has 31 heavy (non-hydrogen) atoms. The second-order valence-corrected chi connectivity index (χ2v) is 9.37. The van der Waals surface area contributed by atoms with Crippen molar-refractivity contribution >= 4 is 68.9 Å². The van der Waals surface area contributed by atoms with Gasteiger partial charge >= 0.3 is 5.97 Å². The van der Waals surface area contributed by atoms with E-state index in [-0.39, 0.29) is 33.0 Å². The van der Waals surface area contributed by atoms with Gasteiger partial charge in [0.2, 0.25) is 5.95 Å². The Hall–Kier alpha value is -2.46. The molecular formula is C19H17Cl3N4O4S. The fourth-order valence-corrected chi connectivity index (χ4v) is 5.54. The highest BCUT2D eigenvalue weighted by molar-refractivity contribution is 7.92. The lowest BCUT2D eigenvalue weighted by atomic mass is 10.1. The minimum absolute atomic E-state index is 0. The van der Waals surface area contributed by atoms with Crippen LogP contribution in [0.15, 0.2) is 53.7 Å². The minimum Gasteiger partial charge on any atom is -0.480 e. The Morgan fingerprint density at radius 2 is 1.90 bits per heavy atom. The molecule has 4 rings (SSSR count). The standard InChI is InChI=1S/C19H16Cl2N4O4S.ClH/c20-13-8-14(21)10-16(9-13)30(28,29)25(11-18(26)27)15-1-2-17-12(7-15)3-6-24(17)19-22-4-5-23-19;/h1-2,4-5,7-10H,3,6,11H2,(H,22,23)(H,26,27);1H. The number of H-pyrrole nitrogens is 1. The summed E-state index contributed by atoms with van der Waals surface area (Å²) in [6, 6.07) is 8.91. The summed E-state index contributed by atoms with van der Waals surface area (Å²) in [6.07, 6.45) is 4.03. The lowest BCUT2D eigenvalue weighted by molar-refractivity contribution is -0.135. The molecule has 0 amide bonds. The van der Waals surface area contributed by atoms with Crippen LogP contribution in [-0.2, 0) is 21.2 Å². The molecule has 2 aromatic carbocycles. The van der Waals surface area contributed by atoms with Crippen LogP contribution >= 0.6 is 35.6 Å². The van der Waals surface area contributed by atoms with Crippen molar-refractivity contribution in [2.24, 2.45) is 0 Å². The zero-order valence-electron chi connectivity index (χ0n) is 15.8. The van der Waals surface area contributed by atoms with E-state index in [1.165, 1.54) is 18.2 Å². The van der Waals surface area contributed by atoms with Crippen LogP contribution in [0, 0.1) is 0 Å². The van der Waals surface area contributed by atoms with E-state index in [1.54, 1.807) is 30.6 Å². The second-order valence-electron chi connectivity index (χ2n) is 6.64. The molecule has 8 nitrogen and oxygen atoms in total. The Balaban J connectivity index is 0.00000272. The molecule has 0 fully saturated rings. The van der Waals surface area contributed by atoms with Gasteiger partial charge in [0.05, 0.1) is 10.6 Å². The number of aromatic amines is 1. The van der Waals surface area contributed by atoms with Gasteiger partial charge in [-0.1, -0.05) is 23.2 Å². The Bertz CT molecular complexity index is 1200. The third kappa shape index (κ3) is 4.59. The van der Waals surface area contributed by atoms with E-state index in [0.717, 1.165) is 15.6 Å². The van der Waals surface area contributed by atoms with Crippen LogP contribution in [-0.4, -0.2) is 42.6 Å². The van der Waals surface area contributed by atoms with Crippen molar-refractivity contribution in [3.63, 3.8) is 0 Å². The summed E-state index contributed by atoms with van der Waals surface area (Å²) in [5.74, 6) is -0.602. The highest BCUT2D eigenvalue weighted by Crippen LogP contribution is 2.36. The van der Waals surface area contributed by atoms with E-state index >= 15 is 0 Å². The molecular weight excluding hydrogens is 487 g/mol. The average Bonchev–Trinajstić information content (AvgIpc) is 3.34. The molecule has 0 bridgehead atoms. The van der Waals surface area contributed by atoms with Gasteiger partial charge in [-0.2, -0.15) is 0 Å². The molecule has 0 saturated heterocycles. The second kappa shape index (κ2) is 8.96. The summed E-state index contributed by atoms with van der Waals surface area (Å²) in [5, 5.41) is 9.62. The van der Waals surface area contributed by atoms with Gasteiger partial charge < -0.3 is 15.0 Å². The molecule has 164 valence electrons. The molecule has 0 unspecified atom stereocenters. The number of carboxylic acids is 1. The summed E-state index contributed by atoms with van der Waals surface area (Å²) in [7, 11) is -4.22. The zero-order valence-corrected chi connectivity index (χ0v) is 19.0. The molecule has 0 saturated carbocycles. The smallest absolute Gasteiger partial charge is 0.324 e. The van der Waals surface area contributed by atoms with E-state index in [9.17, 15) is 18.3 Å². The number of hydrogen-bond acceptors (Lipinski definition) is 5. The number of nitrogens with zero attached hydrogens (tertiary/aromatic N) is 3. The lowest BCUT2D eigenvalue weighted by Crippen LogP contribution is -2.35. The topological polar surface area (TPSA) is 107 Å². The number of aromatic nitrogens is 2. The predicted molar refractivity (Wildman–Crippen MR) is 122 cm³/mol. The Kier molecular flexibility index (Phi) is 6.70. The molecule has 0 aliphatic carbocycles. The summed E-state index contributed by atoms with van der Waals surface area (Å²) >= 11 is 11.9. The van der Waals surface area contributed by atoms with E-state index < -0.39 is 22.5 Å². The zero-order chi connectivity index (χ0) is 21.5. The van der Waals surface area contributed by atoms with Crippen LogP contribution in [0.5, 0.6) is 0 Å². The van der Waals surface area contributed by atoms with Crippen LogP contribution in [0.2, 0.25) is 10.0 Å². The highest BCUT2D eigenvalue weighted by atomic mass is 35.5. The summed E-state index contributed by atoms with van der Waals surface area (Å²) < 4.78 is 27.3. The number of carbonyl (C=O) groups is 1. The first-order valence-corrected chi connectivity index (χ1v) is 11.1. The SMILES string of the molecule is Cl.O=C(O)CN(c1ccc2c(c1)CCN2c1ncc[nH]1)S(=O)(=O)c1cc(Cl)cc(Cl)c1. The van der Waals surface area contributed by atoms with Crippen molar-refractivity contribution in [1.82, 2.24) is 9.97 Å². The largest absolute Gasteiger partial charge is 0.480 e. The number of nitrogens with one attached hydrogen (secondary N) is 1. The van der Waals surface area contributed by atoms with Crippen LogP contribution < -0.4 is 9.21 Å². The molecule has 1 aliphatic rings. The normalized spacial score (nSPS) is 12.9. The number of halogens is 3.